The normalized spacial score (nSPS) is 16.4. The quantitative estimate of drug-likeness (QED) is 0.503. The van der Waals surface area contributed by atoms with Crippen LogP contribution in [0.25, 0.3) is 0 Å². The minimum absolute atomic E-state index is 0.0102. The van der Waals surface area contributed by atoms with Gasteiger partial charge in [0.2, 0.25) is 5.91 Å². The Morgan fingerprint density at radius 2 is 1.14 bits per heavy atom. The number of carbonyl (C=O) groups excluding carboxylic acids is 6. The summed E-state index contributed by atoms with van der Waals surface area (Å²) >= 11 is 0. The van der Waals surface area contributed by atoms with E-state index in [2.05, 4.69) is 0 Å². The number of rotatable bonds is 9. The zero-order valence-corrected chi connectivity index (χ0v) is 16.8. The molecule has 0 aromatic heterocycles. The van der Waals surface area contributed by atoms with Gasteiger partial charge in [0, 0.05) is 68.7 Å². The Balaban J connectivity index is 1.99. The first-order valence-electron chi connectivity index (χ1n) is 9.39. The largest absolute Gasteiger partial charge is 0.339 e. The number of ketones is 1. The van der Waals surface area contributed by atoms with Gasteiger partial charge in [0.05, 0.1) is 0 Å². The average molecular weight is 403 g/mol. The summed E-state index contributed by atoms with van der Waals surface area (Å²) in [5.41, 5.74) is -0.564. The van der Waals surface area contributed by atoms with Crippen LogP contribution in [0, 0.1) is 5.41 Å². The lowest BCUT2D eigenvalue weighted by Gasteiger charge is -2.27. The Labute approximate surface area is 169 Å². The van der Waals surface area contributed by atoms with E-state index in [1.165, 1.54) is 4.90 Å². The summed E-state index contributed by atoms with van der Waals surface area (Å²) in [5.74, 6) is -2.24. The van der Waals surface area contributed by atoms with Gasteiger partial charge in [-0.1, -0.05) is 20.8 Å². The average Bonchev–Trinajstić information content (AvgIpc) is 3.13. The third-order valence-corrected chi connectivity index (χ3v) is 4.74. The predicted octanol–water partition coefficient (Wildman–Crippen LogP) is 0.0604. The van der Waals surface area contributed by atoms with E-state index < -0.39 is 29.0 Å². The molecule has 0 unspecified atom stereocenters. The number of amides is 5. The van der Waals surface area contributed by atoms with E-state index in [-0.39, 0.29) is 50.7 Å². The maximum absolute atomic E-state index is 12.7. The van der Waals surface area contributed by atoms with Crippen LogP contribution < -0.4 is 0 Å². The van der Waals surface area contributed by atoms with Crippen molar-refractivity contribution >= 4 is 35.3 Å². The summed E-state index contributed by atoms with van der Waals surface area (Å²) in [4.78, 5) is 75.0. The smallest absolute Gasteiger partial charge is 0.253 e. The highest BCUT2D eigenvalue weighted by Gasteiger charge is 2.28. The van der Waals surface area contributed by atoms with E-state index in [0.717, 1.165) is 34.1 Å². The molecule has 9 nitrogen and oxygen atoms in total. The lowest BCUT2D eigenvalue weighted by molar-refractivity contribution is -0.140. The summed E-state index contributed by atoms with van der Waals surface area (Å²) < 4.78 is 0. The van der Waals surface area contributed by atoms with Crippen LogP contribution in [-0.2, 0) is 28.8 Å². The highest BCUT2D eigenvalue weighted by atomic mass is 16.2. The van der Waals surface area contributed by atoms with E-state index in [0.29, 0.717) is 0 Å². The first-order chi connectivity index (χ1) is 13.5. The topological polar surface area (TPSA) is 112 Å². The fourth-order valence-electron chi connectivity index (χ4n) is 2.86. The second-order valence-electron chi connectivity index (χ2n) is 7.88. The van der Waals surface area contributed by atoms with Crippen LogP contribution in [0.2, 0.25) is 0 Å². The van der Waals surface area contributed by atoms with Crippen molar-refractivity contribution in [2.75, 3.05) is 26.2 Å². The maximum atomic E-state index is 12.7. The van der Waals surface area contributed by atoms with Gasteiger partial charge in [0.1, 0.15) is 5.78 Å². The minimum atomic E-state index is -0.564. The van der Waals surface area contributed by atoms with Gasteiger partial charge in [-0.2, -0.15) is 0 Å². The molecule has 156 valence electrons. The molecule has 2 aliphatic rings. The van der Waals surface area contributed by atoms with Crippen molar-refractivity contribution < 1.29 is 28.8 Å². The summed E-state index contributed by atoms with van der Waals surface area (Å²) in [7, 11) is 0. The van der Waals surface area contributed by atoms with Gasteiger partial charge in [-0.15, -0.1) is 0 Å². The minimum Gasteiger partial charge on any atom is -0.339 e. The second-order valence-corrected chi connectivity index (χ2v) is 7.88. The van der Waals surface area contributed by atoms with Crippen LogP contribution in [-0.4, -0.2) is 76.2 Å². The molecule has 0 atom stereocenters. The highest BCUT2D eigenvalue weighted by molar-refractivity contribution is 6.13. The molecule has 0 aromatic carbocycles. The van der Waals surface area contributed by atoms with Gasteiger partial charge in [-0.25, -0.2) is 0 Å². The zero-order chi connectivity index (χ0) is 21.8. The third kappa shape index (κ3) is 5.69. The van der Waals surface area contributed by atoms with Gasteiger partial charge in [-0.05, 0) is 0 Å². The molecule has 2 rings (SSSR count). The molecule has 0 aliphatic carbocycles. The first-order valence-corrected chi connectivity index (χ1v) is 9.39. The standard InChI is InChI=1S/C20H25N3O6/c1-20(2,3)14(24)4-5-15(25)21(10-12-22-16(26)6-7-17(22)27)11-13-23-18(28)8-9-19(23)29/h6-9H,4-5,10-13H2,1-3H3. The molecule has 5 amide bonds. The molecular formula is C20H25N3O6. The lowest BCUT2D eigenvalue weighted by atomic mass is 9.88. The van der Waals surface area contributed by atoms with Crippen molar-refractivity contribution in [2.45, 2.75) is 33.6 Å². The van der Waals surface area contributed by atoms with Crippen molar-refractivity contribution in [3.05, 3.63) is 24.3 Å². The predicted molar refractivity (Wildman–Crippen MR) is 102 cm³/mol. The maximum Gasteiger partial charge on any atom is 0.253 e. The summed E-state index contributed by atoms with van der Waals surface area (Å²) in [6.45, 7) is 5.39. The van der Waals surface area contributed by atoms with E-state index in [9.17, 15) is 28.8 Å². The fourth-order valence-corrected chi connectivity index (χ4v) is 2.86. The summed E-state index contributed by atoms with van der Waals surface area (Å²) in [6, 6.07) is 0. The first kappa shape index (κ1) is 22.2. The van der Waals surface area contributed by atoms with E-state index in [1.54, 1.807) is 20.8 Å². The van der Waals surface area contributed by atoms with Crippen molar-refractivity contribution in [3.63, 3.8) is 0 Å². The van der Waals surface area contributed by atoms with Crippen LogP contribution in [0.1, 0.15) is 33.6 Å². The number of hydrogen-bond donors (Lipinski definition) is 0. The molecule has 0 radical (unpaired) electrons. The Bertz CT molecular complexity index is 724. The van der Waals surface area contributed by atoms with Crippen molar-refractivity contribution in [2.24, 2.45) is 5.41 Å². The number of imide groups is 2. The number of Topliss-reactive ketones (excluding diaryl/α,β-unsaturated/α-hetero) is 1. The van der Waals surface area contributed by atoms with Crippen LogP contribution in [0.15, 0.2) is 24.3 Å². The SMILES string of the molecule is CC(C)(C)C(=O)CCC(=O)N(CCN1C(=O)C=CC1=O)CCN1C(=O)C=CC1=O. The zero-order valence-electron chi connectivity index (χ0n) is 16.8. The van der Waals surface area contributed by atoms with Crippen molar-refractivity contribution in [1.29, 1.82) is 0 Å². The highest BCUT2D eigenvalue weighted by Crippen LogP contribution is 2.18. The molecule has 0 N–H and O–H groups in total. The molecule has 0 spiro atoms. The third-order valence-electron chi connectivity index (χ3n) is 4.74. The Hall–Kier alpha value is -3.10. The van der Waals surface area contributed by atoms with E-state index in [1.807, 2.05) is 0 Å². The summed E-state index contributed by atoms with van der Waals surface area (Å²) in [5, 5.41) is 0. The molecule has 0 saturated heterocycles. The molecular weight excluding hydrogens is 378 g/mol. The number of carbonyl (C=O) groups is 6. The van der Waals surface area contributed by atoms with Gasteiger partial charge < -0.3 is 4.90 Å². The Morgan fingerprint density at radius 1 is 0.759 bits per heavy atom. The second kappa shape index (κ2) is 8.93. The molecule has 0 saturated carbocycles. The van der Waals surface area contributed by atoms with Crippen LogP contribution >= 0.6 is 0 Å². The van der Waals surface area contributed by atoms with Gasteiger partial charge >= 0.3 is 0 Å². The van der Waals surface area contributed by atoms with Gasteiger partial charge in [-0.3, -0.25) is 38.6 Å². The number of nitrogens with zero attached hydrogens (tertiary/aromatic N) is 3. The fraction of sp³-hybridized carbons (Fsp3) is 0.500. The van der Waals surface area contributed by atoms with Crippen molar-refractivity contribution in [1.82, 2.24) is 14.7 Å². The molecule has 0 bridgehead atoms. The van der Waals surface area contributed by atoms with Crippen LogP contribution in [0.5, 0.6) is 0 Å². The monoisotopic (exact) mass is 403 g/mol. The van der Waals surface area contributed by atoms with E-state index >= 15 is 0 Å². The lowest BCUT2D eigenvalue weighted by Crippen LogP contribution is -2.45. The molecule has 0 fully saturated rings. The number of hydrogen-bond acceptors (Lipinski definition) is 6. The van der Waals surface area contributed by atoms with Crippen LogP contribution in [0.3, 0.4) is 0 Å². The molecule has 2 aliphatic heterocycles. The van der Waals surface area contributed by atoms with E-state index in [4.69, 9.17) is 0 Å². The Morgan fingerprint density at radius 3 is 1.48 bits per heavy atom. The van der Waals surface area contributed by atoms with Gasteiger partial charge in [0.15, 0.2) is 0 Å². The van der Waals surface area contributed by atoms with Crippen molar-refractivity contribution in [3.8, 4) is 0 Å². The van der Waals surface area contributed by atoms with Crippen LogP contribution in [0.4, 0.5) is 0 Å². The molecule has 0 aromatic rings. The van der Waals surface area contributed by atoms with Gasteiger partial charge in [0.25, 0.3) is 23.6 Å². The Kier molecular flexibility index (Phi) is 6.84. The molecule has 29 heavy (non-hydrogen) atoms. The molecule has 2 heterocycles. The molecule has 9 heteroatoms. The summed E-state index contributed by atoms with van der Waals surface area (Å²) in [6.07, 6.45) is 4.66.